The molecule has 2 rings (SSSR count). The second kappa shape index (κ2) is 7.43. The highest BCUT2D eigenvalue weighted by atomic mass is 16.5. The number of hydrogen-bond acceptors (Lipinski definition) is 3. The van der Waals surface area contributed by atoms with Crippen LogP contribution in [0, 0.1) is 11.3 Å². The molecule has 3 heteroatoms. The molecule has 1 heterocycles. The van der Waals surface area contributed by atoms with Gasteiger partial charge in [0.25, 0.3) is 0 Å². The number of likely N-dealkylation sites (N-methyl/N-ethyl adjacent to an activating group) is 1. The number of rotatable bonds is 6. The highest BCUT2D eigenvalue weighted by Gasteiger charge is 2.38. The van der Waals surface area contributed by atoms with Gasteiger partial charge in [-0.2, -0.15) is 0 Å². The molecule has 0 spiro atoms. The Morgan fingerprint density at radius 2 is 1.95 bits per heavy atom. The molecule has 4 atom stereocenters. The summed E-state index contributed by atoms with van der Waals surface area (Å²) in [4.78, 5) is 2.61. The minimum absolute atomic E-state index is 0.343. The van der Waals surface area contributed by atoms with Crippen molar-refractivity contribution >= 4 is 0 Å². The average Bonchev–Trinajstić information content (AvgIpc) is 2.98. The van der Waals surface area contributed by atoms with Gasteiger partial charge in [0.1, 0.15) is 0 Å². The van der Waals surface area contributed by atoms with Gasteiger partial charge in [0.2, 0.25) is 0 Å². The van der Waals surface area contributed by atoms with Crippen LogP contribution in [0.2, 0.25) is 0 Å². The van der Waals surface area contributed by atoms with E-state index in [0.29, 0.717) is 23.6 Å². The number of hydrogen-bond donors (Lipinski definition) is 1. The van der Waals surface area contributed by atoms with E-state index in [-0.39, 0.29) is 0 Å². The van der Waals surface area contributed by atoms with Gasteiger partial charge in [-0.25, -0.2) is 0 Å². The summed E-state index contributed by atoms with van der Waals surface area (Å²) >= 11 is 0. The molecule has 1 saturated heterocycles. The molecule has 2 aliphatic rings. The molecule has 124 valence electrons. The van der Waals surface area contributed by atoms with E-state index in [1.165, 1.54) is 38.5 Å². The molecular weight excluding hydrogens is 260 g/mol. The molecule has 21 heavy (non-hydrogen) atoms. The van der Waals surface area contributed by atoms with Gasteiger partial charge < -0.3 is 10.5 Å². The van der Waals surface area contributed by atoms with E-state index in [4.69, 9.17) is 10.5 Å². The van der Waals surface area contributed by atoms with Gasteiger partial charge in [-0.15, -0.1) is 0 Å². The van der Waals surface area contributed by atoms with Gasteiger partial charge in [0.15, 0.2) is 0 Å². The summed E-state index contributed by atoms with van der Waals surface area (Å²) < 4.78 is 5.84. The summed E-state index contributed by atoms with van der Waals surface area (Å²) in [6.45, 7) is 12.6. The lowest BCUT2D eigenvalue weighted by atomic mass is 9.67. The Morgan fingerprint density at radius 1 is 1.19 bits per heavy atom. The average molecular weight is 296 g/mol. The first-order chi connectivity index (χ1) is 9.97. The van der Waals surface area contributed by atoms with Crippen molar-refractivity contribution in [2.24, 2.45) is 17.1 Å². The van der Waals surface area contributed by atoms with Crippen molar-refractivity contribution in [1.29, 1.82) is 0 Å². The van der Waals surface area contributed by atoms with Gasteiger partial charge in [-0.05, 0) is 50.0 Å². The summed E-state index contributed by atoms with van der Waals surface area (Å²) in [6, 6.07) is 0.888. The van der Waals surface area contributed by atoms with Crippen LogP contribution in [0.5, 0.6) is 0 Å². The van der Waals surface area contributed by atoms with E-state index in [9.17, 15) is 0 Å². The van der Waals surface area contributed by atoms with Gasteiger partial charge in [0, 0.05) is 25.2 Å². The van der Waals surface area contributed by atoms with Gasteiger partial charge in [-0.3, -0.25) is 4.90 Å². The Bertz CT molecular complexity index is 312. The first-order valence-corrected chi connectivity index (χ1v) is 9.09. The zero-order chi connectivity index (χ0) is 15.5. The normalized spacial score (nSPS) is 34.6. The van der Waals surface area contributed by atoms with E-state index in [0.717, 1.165) is 25.6 Å². The molecule has 0 aromatic heterocycles. The maximum absolute atomic E-state index is 6.49. The third-order valence-electron chi connectivity index (χ3n) is 6.22. The molecule has 1 aliphatic heterocycles. The molecule has 1 aliphatic carbocycles. The second-order valence-corrected chi connectivity index (χ2v) is 7.81. The summed E-state index contributed by atoms with van der Waals surface area (Å²) in [7, 11) is 0. The van der Waals surface area contributed by atoms with E-state index in [1.54, 1.807) is 0 Å². The number of ether oxygens (including phenoxy) is 1. The van der Waals surface area contributed by atoms with Gasteiger partial charge in [0.05, 0.1) is 6.10 Å². The first kappa shape index (κ1) is 17.2. The third kappa shape index (κ3) is 4.20. The summed E-state index contributed by atoms with van der Waals surface area (Å²) in [5.41, 5.74) is 6.94. The topological polar surface area (TPSA) is 38.5 Å². The Labute approximate surface area is 131 Å². The molecule has 0 aromatic rings. The Balaban J connectivity index is 1.99. The molecule has 0 aromatic carbocycles. The molecule has 1 saturated carbocycles. The van der Waals surface area contributed by atoms with Crippen LogP contribution < -0.4 is 5.73 Å². The largest absolute Gasteiger partial charge is 0.377 e. The van der Waals surface area contributed by atoms with Crippen LogP contribution in [0.25, 0.3) is 0 Å². The van der Waals surface area contributed by atoms with E-state index in [1.807, 2.05) is 0 Å². The fraction of sp³-hybridized carbons (Fsp3) is 1.00. The zero-order valence-electron chi connectivity index (χ0n) is 14.6. The lowest BCUT2D eigenvalue weighted by Crippen LogP contribution is -2.54. The molecule has 3 nitrogen and oxygen atoms in total. The smallest absolute Gasteiger partial charge is 0.0702 e. The van der Waals surface area contributed by atoms with Crippen LogP contribution >= 0.6 is 0 Å². The van der Waals surface area contributed by atoms with Crippen molar-refractivity contribution < 1.29 is 4.74 Å². The van der Waals surface area contributed by atoms with E-state index < -0.39 is 0 Å². The fourth-order valence-electron chi connectivity index (χ4n) is 4.14. The van der Waals surface area contributed by atoms with Crippen LogP contribution in [0.1, 0.15) is 66.2 Å². The molecule has 2 N–H and O–H groups in total. The standard InChI is InChI=1S/C18H36N2O/c1-5-18(3,4)14-9-10-16(19)17(12-14)20(6-2)13-15-8-7-11-21-15/h14-17H,5-13,19H2,1-4H3. The fourth-order valence-corrected chi connectivity index (χ4v) is 4.14. The minimum Gasteiger partial charge on any atom is -0.377 e. The molecule has 0 amide bonds. The van der Waals surface area contributed by atoms with Crippen LogP contribution in [0.4, 0.5) is 0 Å². The van der Waals surface area contributed by atoms with Gasteiger partial charge in [-0.1, -0.05) is 34.1 Å². The third-order valence-corrected chi connectivity index (χ3v) is 6.22. The maximum Gasteiger partial charge on any atom is 0.0702 e. The van der Waals surface area contributed by atoms with Crippen molar-refractivity contribution in [3.63, 3.8) is 0 Å². The van der Waals surface area contributed by atoms with Crippen molar-refractivity contribution in [1.82, 2.24) is 4.90 Å². The zero-order valence-corrected chi connectivity index (χ0v) is 14.6. The highest BCUT2D eigenvalue weighted by molar-refractivity contribution is 4.94. The SMILES string of the molecule is CCN(CC1CCCO1)C1CC(C(C)(C)CC)CCC1N. The van der Waals surface area contributed by atoms with Crippen molar-refractivity contribution in [2.75, 3.05) is 19.7 Å². The van der Waals surface area contributed by atoms with Crippen molar-refractivity contribution in [3.05, 3.63) is 0 Å². The van der Waals surface area contributed by atoms with Crippen LogP contribution in [-0.2, 0) is 4.74 Å². The lowest BCUT2D eigenvalue weighted by molar-refractivity contribution is 0.0219. The predicted octanol–water partition coefficient (Wildman–Crippen LogP) is 3.42. The van der Waals surface area contributed by atoms with E-state index >= 15 is 0 Å². The Hall–Kier alpha value is -0.120. The minimum atomic E-state index is 0.343. The van der Waals surface area contributed by atoms with Crippen LogP contribution in [0.15, 0.2) is 0 Å². The number of nitrogens with two attached hydrogens (primary N) is 1. The predicted molar refractivity (Wildman–Crippen MR) is 89.4 cm³/mol. The summed E-state index contributed by atoms with van der Waals surface area (Å²) in [5, 5.41) is 0. The first-order valence-electron chi connectivity index (χ1n) is 9.09. The quantitative estimate of drug-likeness (QED) is 0.816. The molecule has 2 fully saturated rings. The van der Waals surface area contributed by atoms with E-state index in [2.05, 4.69) is 32.6 Å². The number of nitrogens with zero attached hydrogens (tertiary/aromatic N) is 1. The summed E-state index contributed by atoms with van der Waals surface area (Å²) in [6.07, 6.45) is 7.90. The highest BCUT2D eigenvalue weighted by Crippen LogP contribution is 2.41. The molecular formula is C18H36N2O. The summed E-state index contributed by atoms with van der Waals surface area (Å²) in [5.74, 6) is 0.811. The monoisotopic (exact) mass is 296 g/mol. The lowest BCUT2D eigenvalue weighted by Gasteiger charge is -2.46. The van der Waals surface area contributed by atoms with Crippen LogP contribution in [0.3, 0.4) is 0 Å². The Kier molecular flexibility index (Phi) is 6.10. The van der Waals surface area contributed by atoms with Crippen LogP contribution in [-0.4, -0.2) is 42.8 Å². The van der Waals surface area contributed by atoms with Crippen molar-refractivity contribution in [3.8, 4) is 0 Å². The maximum atomic E-state index is 6.49. The molecule has 0 radical (unpaired) electrons. The second-order valence-electron chi connectivity index (χ2n) is 7.81. The molecule has 4 unspecified atom stereocenters. The van der Waals surface area contributed by atoms with Gasteiger partial charge >= 0.3 is 0 Å². The van der Waals surface area contributed by atoms with Crippen molar-refractivity contribution in [2.45, 2.75) is 84.4 Å². The Morgan fingerprint density at radius 3 is 2.52 bits per heavy atom. The molecule has 0 bridgehead atoms.